The monoisotopic (exact) mass is 259 g/mol. The standard InChI is InChI=1S/C15H21N3O/c1-4-10-16-12(3)11(2)15-17-14(18-19-15)13-8-6-5-7-9-13/h5-9,11-12,16H,4,10H2,1-3H3. The highest BCUT2D eigenvalue weighted by Gasteiger charge is 2.20. The minimum Gasteiger partial charge on any atom is -0.339 e. The third kappa shape index (κ3) is 3.41. The van der Waals surface area contributed by atoms with E-state index in [2.05, 4.69) is 36.2 Å². The van der Waals surface area contributed by atoms with E-state index < -0.39 is 0 Å². The Hall–Kier alpha value is -1.68. The van der Waals surface area contributed by atoms with E-state index >= 15 is 0 Å². The van der Waals surface area contributed by atoms with Crippen LogP contribution in [0.4, 0.5) is 0 Å². The highest BCUT2D eigenvalue weighted by Crippen LogP contribution is 2.21. The summed E-state index contributed by atoms with van der Waals surface area (Å²) in [4.78, 5) is 4.49. The molecule has 1 aromatic carbocycles. The van der Waals surface area contributed by atoms with Crippen molar-refractivity contribution in [3.8, 4) is 11.4 Å². The molecule has 0 aliphatic heterocycles. The van der Waals surface area contributed by atoms with Crippen LogP contribution in [-0.2, 0) is 0 Å². The molecule has 4 nitrogen and oxygen atoms in total. The maximum absolute atomic E-state index is 5.38. The second kappa shape index (κ2) is 6.48. The first-order valence-corrected chi connectivity index (χ1v) is 6.84. The van der Waals surface area contributed by atoms with Crippen molar-refractivity contribution in [2.45, 2.75) is 39.2 Å². The number of nitrogens with one attached hydrogen (secondary N) is 1. The van der Waals surface area contributed by atoms with Crippen molar-refractivity contribution in [3.63, 3.8) is 0 Å². The van der Waals surface area contributed by atoms with Crippen LogP contribution in [0.3, 0.4) is 0 Å². The zero-order valence-electron chi connectivity index (χ0n) is 11.8. The van der Waals surface area contributed by atoms with Crippen LogP contribution >= 0.6 is 0 Å². The number of nitrogens with zero attached hydrogens (tertiary/aromatic N) is 2. The van der Waals surface area contributed by atoms with E-state index in [4.69, 9.17) is 4.52 Å². The molecule has 0 aliphatic carbocycles. The minimum absolute atomic E-state index is 0.205. The van der Waals surface area contributed by atoms with Gasteiger partial charge >= 0.3 is 0 Å². The van der Waals surface area contributed by atoms with Crippen molar-refractivity contribution in [1.29, 1.82) is 0 Å². The van der Waals surface area contributed by atoms with Gasteiger partial charge in [-0.3, -0.25) is 0 Å². The van der Waals surface area contributed by atoms with E-state index in [-0.39, 0.29) is 5.92 Å². The van der Waals surface area contributed by atoms with Crippen molar-refractivity contribution in [2.75, 3.05) is 6.54 Å². The summed E-state index contributed by atoms with van der Waals surface area (Å²) in [5.41, 5.74) is 0.985. The van der Waals surface area contributed by atoms with E-state index in [0.29, 0.717) is 17.8 Å². The number of hydrogen-bond acceptors (Lipinski definition) is 4. The minimum atomic E-state index is 0.205. The van der Waals surface area contributed by atoms with Gasteiger partial charge in [0.25, 0.3) is 0 Å². The topological polar surface area (TPSA) is 51.0 Å². The number of aromatic nitrogens is 2. The Balaban J connectivity index is 2.08. The molecular weight excluding hydrogens is 238 g/mol. The molecule has 2 atom stereocenters. The van der Waals surface area contributed by atoms with Crippen molar-refractivity contribution >= 4 is 0 Å². The van der Waals surface area contributed by atoms with Gasteiger partial charge < -0.3 is 9.84 Å². The molecule has 0 fully saturated rings. The number of rotatable bonds is 6. The molecular formula is C15H21N3O. The smallest absolute Gasteiger partial charge is 0.231 e. The second-order valence-electron chi connectivity index (χ2n) is 4.85. The maximum atomic E-state index is 5.38. The Bertz CT molecular complexity index is 495. The van der Waals surface area contributed by atoms with E-state index in [0.717, 1.165) is 18.5 Å². The number of hydrogen-bond donors (Lipinski definition) is 1. The molecule has 4 heteroatoms. The largest absolute Gasteiger partial charge is 0.339 e. The van der Waals surface area contributed by atoms with Gasteiger partial charge in [0.2, 0.25) is 11.7 Å². The maximum Gasteiger partial charge on any atom is 0.231 e. The van der Waals surface area contributed by atoms with Crippen molar-refractivity contribution in [2.24, 2.45) is 0 Å². The average Bonchev–Trinajstić information content (AvgIpc) is 2.94. The third-order valence-electron chi connectivity index (χ3n) is 3.33. The fraction of sp³-hybridized carbons (Fsp3) is 0.467. The lowest BCUT2D eigenvalue weighted by atomic mass is 10.0. The van der Waals surface area contributed by atoms with Crippen molar-refractivity contribution in [1.82, 2.24) is 15.5 Å². The summed E-state index contributed by atoms with van der Waals surface area (Å²) >= 11 is 0. The Morgan fingerprint density at radius 2 is 1.95 bits per heavy atom. The fourth-order valence-electron chi connectivity index (χ4n) is 1.89. The van der Waals surface area contributed by atoms with Gasteiger partial charge in [-0.2, -0.15) is 4.98 Å². The Morgan fingerprint density at radius 1 is 1.21 bits per heavy atom. The van der Waals surface area contributed by atoms with Crippen LogP contribution in [0.25, 0.3) is 11.4 Å². The van der Waals surface area contributed by atoms with Gasteiger partial charge in [-0.15, -0.1) is 0 Å². The molecule has 1 heterocycles. The molecule has 1 N–H and O–H groups in total. The van der Waals surface area contributed by atoms with Crippen LogP contribution in [0.5, 0.6) is 0 Å². The zero-order valence-corrected chi connectivity index (χ0v) is 11.8. The molecule has 2 rings (SSSR count). The van der Waals surface area contributed by atoms with Crippen LogP contribution in [0.2, 0.25) is 0 Å². The quantitative estimate of drug-likeness (QED) is 0.865. The van der Waals surface area contributed by atoms with Gasteiger partial charge in [0.05, 0.1) is 5.92 Å². The van der Waals surface area contributed by atoms with Gasteiger partial charge in [-0.05, 0) is 19.9 Å². The summed E-state index contributed by atoms with van der Waals surface area (Å²) in [6.07, 6.45) is 1.12. The first kappa shape index (κ1) is 13.7. The van der Waals surface area contributed by atoms with Gasteiger partial charge in [0.1, 0.15) is 0 Å². The molecule has 0 spiro atoms. The Labute approximate surface area is 114 Å². The molecule has 102 valence electrons. The molecule has 0 aliphatic rings. The molecule has 0 bridgehead atoms. The van der Waals surface area contributed by atoms with Crippen LogP contribution in [-0.4, -0.2) is 22.7 Å². The Kier molecular flexibility index (Phi) is 4.68. The molecule has 19 heavy (non-hydrogen) atoms. The summed E-state index contributed by atoms with van der Waals surface area (Å²) < 4.78 is 5.38. The number of benzene rings is 1. The molecule has 0 saturated carbocycles. The first-order valence-electron chi connectivity index (χ1n) is 6.84. The van der Waals surface area contributed by atoms with Gasteiger partial charge in [-0.25, -0.2) is 0 Å². The van der Waals surface area contributed by atoms with E-state index in [1.54, 1.807) is 0 Å². The third-order valence-corrected chi connectivity index (χ3v) is 3.33. The van der Waals surface area contributed by atoms with Crippen LogP contribution in [0.1, 0.15) is 39.0 Å². The van der Waals surface area contributed by atoms with Crippen LogP contribution < -0.4 is 5.32 Å². The molecule has 0 saturated heterocycles. The fourth-order valence-corrected chi connectivity index (χ4v) is 1.89. The highest BCUT2D eigenvalue weighted by molar-refractivity contribution is 5.53. The summed E-state index contributed by atoms with van der Waals surface area (Å²) in [7, 11) is 0. The molecule has 1 aromatic heterocycles. The zero-order chi connectivity index (χ0) is 13.7. The van der Waals surface area contributed by atoms with Gasteiger partial charge in [-0.1, -0.05) is 49.3 Å². The molecule has 0 radical (unpaired) electrons. The summed E-state index contributed by atoms with van der Waals surface area (Å²) in [6, 6.07) is 10.2. The van der Waals surface area contributed by atoms with Gasteiger partial charge in [0, 0.05) is 11.6 Å². The predicted octanol–water partition coefficient (Wildman–Crippen LogP) is 3.23. The van der Waals surface area contributed by atoms with Crippen LogP contribution in [0.15, 0.2) is 34.9 Å². The lowest BCUT2D eigenvalue weighted by Gasteiger charge is -2.17. The molecule has 2 unspecified atom stereocenters. The van der Waals surface area contributed by atoms with E-state index in [1.807, 2.05) is 30.3 Å². The second-order valence-corrected chi connectivity index (χ2v) is 4.85. The highest BCUT2D eigenvalue weighted by atomic mass is 16.5. The predicted molar refractivity (Wildman–Crippen MR) is 75.9 cm³/mol. The normalized spacial score (nSPS) is 14.3. The van der Waals surface area contributed by atoms with Gasteiger partial charge in [0.15, 0.2) is 0 Å². The molecule has 0 amide bonds. The van der Waals surface area contributed by atoms with Crippen LogP contribution in [0, 0.1) is 0 Å². The van der Waals surface area contributed by atoms with Crippen molar-refractivity contribution < 1.29 is 4.52 Å². The average molecular weight is 259 g/mol. The summed E-state index contributed by atoms with van der Waals surface area (Å²) in [5.74, 6) is 1.55. The lowest BCUT2D eigenvalue weighted by Crippen LogP contribution is -2.31. The Morgan fingerprint density at radius 3 is 2.63 bits per heavy atom. The van der Waals surface area contributed by atoms with E-state index in [1.165, 1.54) is 0 Å². The molecule has 2 aromatic rings. The van der Waals surface area contributed by atoms with Crippen molar-refractivity contribution in [3.05, 3.63) is 36.2 Å². The summed E-state index contributed by atoms with van der Waals surface area (Å²) in [5, 5.41) is 7.51. The lowest BCUT2D eigenvalue weighted by molar-refractivity contribution is 0.331. The van der Waals surface area contributed by atoms with E-state index in [9.17, 15) is 0 Å². The summed E-state index contributed by atoms with van der Waals surface area (Å²) in [6.45, 7) is 7.41. The SMILES string of the molecule is CCCNC(C)C(C)c1nc(-c2ccccc2)no1. The first-order chi connectivity index (χ1) is 9.22.